The van der Waals surface area contributed by atoms with Crippen molar-refractivity contribution in [2.24, 2.45) is 9.98 Å². The van der Waals surface area contributed by atoms with Gasteiger partial charge in [-0.3, -0.25) is 20.0 Å². The molecule has 0 spiro atoms. The number of hydrogen-bond acceptors (Lipinski definition) is 6. The van der Waals surface area contributed by atoms with Gasteiger partial charge in [0.05, 0.1) is 45.8 Å². The van der Waals surface area contributed by atoms with Crippen molar-refractivity contribution in [3.05, 3.63) is 72.3 Å². The number of fused-ring (bicyclic) bond motifs is 2. The Kier molecular flexibility index (Phi) is 5.68. The molecule has 28 heavy (non-hydrogen) atoms. The highest BCUT2D eigenvalue weighted by Crippen LogP contribution is 2.08. The predicted octanol–water partition coefficient (Wildman–Crippen LogP) is 3.89. The summed E-state index contributed by atoms with van der Waals surface area (Å²) in [5, 5.41) is 0. The van der Waals surface area contributed by atoms with Crippen LogP contribution < -0.4 is 0 Å². The monoisotopic (exact) mass is 368 g/mol. The fraction of sp³-hybridized carbons (Fsp3) is 0.182. The summed E-state index contributed by atoms with van der Waals surface area (Å²) in [6.45, 7) is 1.50. The van der Waals surface area contributed by atoms with Crippen LogP contribution in [0.3, 0.4) is 0 Å². The molecule has 0 atom stereocenters. The molecule has 138 valence electrons. The van der Waals surface area contributed by atoms with Crippen molar-refractivity contribution >= 4 is 34.5 Å². The highest BCUT2D eigenvalue weighted by atomic mass is 14.8. The Bertz CT molecular complexity index is 1040. The van der Waals surface area contributed by atoms with Crippen LogP contribution in [-0.2, 0) is 0 Å². The molecule has 4 rings (SSSR count). The van der Waals surface area contributed by atoms with Gasteiger partial charge in [-0.25, -0.2) is 9.97 Å². The number of para-hydroxylation sites is 4. The number of nitrogens with zero attached hydrogens (tertiary/aromatic N) is 6. The summed E-state index contributed by atoms with van der Waals surface area (Å²) in [7, 11) is 0. The molecular weight excluding hydrogens is 348 g/mol. The summed E-state index contributed by atoms with van der Waals surface area (Å²) in [5.41, 5.74) is 5.13. The first kappa shape index (κ1) is 17.9. The average Bonchev–Trinajstić information content (AvgIpc) is 2.75. The normalized spacial score (nSPS) is 11.9. The van der Waals surface area contributed by atoms with Crippen LogP contribution >= 0.6 is 0 Å². The Labute approximate surface area is 163 Å². The van der Waals surface area contributed by atoms with Crippen molar-refractivity contribution < 1.29 is 0 Å². The summed E-state index contributed by atoms with van der Waals surface area (Å²) in [6, 6.07) is 15.7. The van der Waals surface area contributed by atoms with Crippen molar-refractivity contribution in [3.8, 4) is 0 Å². The zero-order valence-electron chi connectivity index (χ0n) is 15.4. The predicted molar refractivity (Wildman–Crippen MR) is 113 cm³/mol. The quantitative estimate of drug-likeness (QED) is 0.366. The Hall–Kier alpha value is -3.54. The van der Waals surface area contributed by atoms with E-state index >= 15 is 0 Å². The molecule has 0 aliphatic rings. The van der Waals surface area contributed by atoms with Crippen LogP contribution in [0.15, 0.2) is 70.9 Å². The summed E-state index contributed by atoms with van der Waals surface area (Å²) >= 11 is 0. The molecule has 4 aromatic rings. The second-order valence-corrected chi connectivity index (χ2v) is 6.34. The van der Waals surface area contributed by atoms with Gasteiger partial charge in [-0.2, -0.15) is 0 Å². The number of benzene rings is 2. The number of unbranched alkanes of at least 4 members (excludes halogenated alkanes) is 1. The molecular formula is C22H20N6. The summed E-state index contributed by atoms with van der Waals surface area (Å²) in [5.74, 6) is 0. The lowest BCUT2D eigenvalue weighted by molar-refractivity contribution is 0.759. The molecule has 0 aliphatic carbocycles. The van der Waals surface area contributed by atoms with Crippen LogP contribution in [0.5, 0.6) is 0 Å². The third kappa shape index (κ3) is 4.59. The molecule has 2 heterocycles. The van der Waals surface area contributed by atoms with Gasteiger partial charge in [-0.15, -0.1) is 0 Å². The van der Waals surface area contributed by atoms with Gasteiger partial charge < -0.3 is 0 Å². The van der Waals surface area contributed by atoms with Gasteiger partial charge in [-0.05, 0) is 37.1 Å². The topological polar surface area (TPSA) is 76.3 Å². The van der Waals surface area contributed by atoms with Gasteiger partial charge in [0, 0.05) is 25.5 Å². The fourth-order valence-corrected chi connectivity index (χ4v) is 2.79. The van der Waals surface area contributed by atoms with Crippen molar-refractivity contribution in [1.82, 2.24) is 19.9 Å². The minimum absolute atomic E-state index is 0.750. The van der Waals surface area contributed by atoms with Gasteiger partial charge in [0.25, 0.3) is 0 Å². The molecule has 6 heteroatoms. The first-order valence-corrected chi connectivity index (χ1v) is 9.32. The highest BCUT2D eigenvalue weighted by molar-refractivity contribution is 5.82. The molecule has 6 nitrogen and oxygen atoms in total. The SMILES string of the molecule is C(=NCCCCN=Cc1cnc2ccccc2n1)c1cnc2ccccc2n1. The second kappa shape index (κ2) is 8.90. The number of hydrogen-bond donors (Lipinski definition) is 0. The van der Waals surface area contributed by atoms with E-state index in [1.165, 1.54) is 0 Å². The van der Waals surface area contributed by atoms with E-state index in [1.54, 1.807) is 24.8 Å². The molecule has 0 N–H and O–H groups in total. The van der Waals surface area contributed by atoms with Gasteiger partial charge >= 0.3 is 0 Å². The average molecular weight is 368 g/mol. The molecule has 0 radical (unpaired) electrons. The van der Waals surface area contributed by atoms with E-state index in [2.05, 4.69) is 29.9 Å². The molecule has 0 saturated carbocycles. The lowest BCUT2D eigenvalue weighted by atomic mass is 10.3. The van der Waals surface area contributed by atoms with Crippen molar-refractivity contribution in [2.45, 2.75) is 12.8 Å². The number of aliphatic imine (C=N–C) groups is 2. The summed E-state index contributed by atoms with van der Waals surface area (Å²) in [6.07, 6.45) is 9.01. The standard InChI is InChI=1S/C22H20N6/c1-3-9-21-19(7-1)25-15-17(27-21)13-23-11-5-6-12-24-14-18-16-26-20-8-2-4-10-22(20)28-18/h1-4,7-10,13-16H,5-6,11-12H2. The van der Waals surface area contributed by atoms with Gasteiger partial charge in [-0.1, -0.05) is 24.3 Å². The van der Waals surface area contributed by atoms with Gasteiger partial charge in [0.2, 0.25) is 0 Å². The maximum atomic E-state index is 4.53. The Morgan fingerprint density at radius 1 is 0.607 bits per heavy atom. The molecule has 0 aliphatic heterocycles. The van der Waals surface area contributed by atoms with Crippen LogP contribution in [0.2, 0.25) is 0 Å². The first-order valence-electron chi connectivity index (χ1n) is 9.32. The van der Waals surface area contributed by atoms with Crippen LogP contribution in [0.1, 0.15) is 24.2 Å². The summed E-state index contributed by atoms with van der Waals surface area (Å²) in [4.78, 5) is 26.7. The van der Waals surface area contributed by atoms with Crippen LogP contribution in [0.4, 0.5) is 0 Å². The third-order valence-electron chi connectivity index (χ3n) is 4.21. The Morgan fingerprint density at radius 3 is 1.50 bits per heavy atom. The number of aromatic nitrogens is 4. The van der Waals surface area contributed by atoms with E-state index in [0.717, 1.165) is 59.4 Å². The lowest BCUT2D eigenvalue weighted by Gasteiger charge is -1.98. The highest BCUT2D eigenvalue weighted by Gasteiger charge is 1.97. The molecule has 0 unspecified atom stereocenters. The van der Waals surface area contributed by atoms with Crippen molar-refractivity contribution in [3.63, 3.8) is 0 Å². The van der Waals surface area contributed by atoms with Crippen molar-refractivity contribution in [2.75, 3.05) is 13.1 Å². The minimum atomic E-state index is 0.750. The molecule has 0 amide bonds. The lowest BCUT2D eigenvalue weighted by Crippen LogP contribution is -1.94. The molecule has 0 bridgehead atoms. The van der Waals surface area contributed by atoms with Crippen LogP contribution in [0.25, 0.3) is 22.1 Å². The van der Waals surface area contributed by atoms with E-state index < -0.39 is 0 Å². The first-order chi connectivity index (χ1) is 13.9. The van der Waals surface area contributed by atoms with Crippen LogP contribution in [-0.4, -0.2) is 45.5 Å². The van der Waals surface area contributed by atoms with E-state index in [4.69, 9.17) is 0 Å². The molecule has 0 fully saturated rings. The molecule has 0 saturated heterocycles. The third-order valence-corrected chi connectivity index (χ3v) is 4.21. The minimum Gasteiger partial charge on any atom is -0.291 e. The zero-order valence-corrected chi connectivity index (χ0v) is 15.4. The van der Waals surface area contributed by atoms with E-state index in [1.807, 2.05) is 48.5 Å². The zero-order chi connectivity index (χ0) is 19.0. The Balaban J connectivity index is 1.21. The van der Waals surface area contributed by atoms with Crippen molar-refractivity contribution in [1.29, 1.82) is 0 Å². The number of rotatable bonds is 7. The van der Waals surface area contributed by atoms with Crippen LogP contribution in [0, 0.1) is 0 Å². The second-order valence-electron chi connectivity index (χ2n) is 6.34. The largest absolute Gasteiger partial charge is 0.291 e. The summed E-state index contributed by atoms with van der Waals surface area (Å²) < 4.78 is 0. The maximum absolute atomic E-state index is 4.53. The van der Waals surface area contributed by atoms with Gasteiger partial charge in [0.15, 0.2) is 0 Å². The maximum Gasteiger partial charge on any atom is 0.0998 e. The Morgan fingerprint density at radius 2 is 1.04 bits per heavy atom. The molecule has 2 aromatic heterocycles. The van der Waals surface area contributed by atoms with E-state index in [9.17, 15) is 0 Å². The molecule has 2 aromatic carbocycles. The van der Waals surface area contributed by atoms with Gasteiger partial charge in [0.1, 0.15) is 0 Å². The fourth-order valence-electron chi connectivity index (χ4n) is 2.79. The van der Waals surface area contributed by atoms with E-state index in [-0.39, 0.29) is 0 Å². The smallest absolute Gasteiger partial charge is 0.0998 e. The van der Waals surface area contributed by atoms with E-state index in [0.29, 0.717) is 0 Å².